The summed E-state index contributed by atoms with van der Waals surface area (Å²) in [5, 5.41) is 5.22. The van der Waals surface area contributed by atoms with E-state index in [-0.39, 0.29) is 16.7 Å². The van der Waals surface area contributed by atoms with Gasteiger partial charge in [0.15, 0.2) is 0 Å². The molecule has 1 amide bonds. The van der Waals surface area contributed by atoms with E-state index in [1.807, 2.05) is 36.9 Å². The lowest BCUT2D eigenvalue weighted by atomic mass is 10.1. The summed E-state index contributed by atoms with van der Waals surface area (Å²) in [5.41, 5.74) is 2.82. The van der Waals surface area contributed by atoms with Crippen LogP contribution in [0.3, 0.4) is 0 Å². The van der Waals surface area contributed by atoms with Gasteiger partial charge in [-0.3, -0.25) is 14.8 Å². The van der Waals surface area contributed by atoms with Crippen molar-refractivity contribution in [1.29, 1.82) is 0 Å². The van der Waals surface area contributed by atoms with Gasteiger partial charge in [0.25, 0.3) is 0 Å². The summed E-state index contributed by atoms with van der Waals surface area (Å²) < 4.78 is 23.3. The van der Waals surface area contributed by atoms with Gasteiger partial charge in [-0.2, -0.15) is 0 Å². The van der Waals surface area contributed by atoms with Crippen LogP contribution in [0.25, 0.3) is 22.2 Å². The van der Waals surface area contributed by atoms with E-state index in [2.05, 4.69) is 14.9 Å². The van der Waals surface area contributed by atoms with Crippen molar-refractivity contribution in [3.8, 4) is 11.1 Å². The standard InChI is InChI=1S/C21H24N6O3S/c1-14(2)21(28)27-7-5-26(6-8-27)20-13-24-18-4-3-15(10-19(18)25-20)16-9-17(12-23-11-16)31(22,29)30/h3-4,9-14H,5-8H2,1-2H3,(H2,22,29,30). The zero-order valence-electron chi connectivity index (χ0n) is 17.4. The van der Waals surface area contributed by atoms with E-state index in [4.69, 9.17) is 10.1 Å². The molecule has 0 unspecified atom stereocenters. The number of hydrogen-bond donors (Lipinski definition) is 1. The van der Waals surface area contributed by atoms with Gasteiger partial charge in [0.2, 0.25) is 15.9 Å². The van der Waals surface area contributed by atoms with Gasteiger partial charge in [0, 0.05) is 50.1 Å². The molecule has 3 aromatic rings. The number of benzene rings is 1. The number of rotatable bonds is 4. The molecule has 1 aliphatic heterocycles. The Labute approximate surface area is 181 Å². The number of carbonyl (C=O) groups excluding carboxylic acids is 1. The molecule has 0 saturated carbocycles. The lowest BCUT2D eigenvalue weighted by Gasteiger charge is -2.36. The monoisotopic (exact) mass is 440 g/mol. The number of primary sulfonamides is 1. The van der Waals surface area contributed by atoms with Crippen LogP contribution in [-0.2, 0) is 14.8 Å². The van der Waals surface area contributed by atoms with Crippen LogP contribution < -0.4 is 10.0 Å². The first kappa shape index (κ1) is 21.1. The quantitative estimate of drug-likeness (QED) is 0.654. The molecular weight excluding hydrogens is 416 g/mol. The van der Waals surface area contributed by atoms with Crippen molar-refractivity contribution in [3.05, 3.63) is 42.9 Å². The van der Waals surface area contributed by atoms with E-state index in [1.54, 1.807) is 12.4 Å². The molecule has 31 heavy (non-hydrogen) atoms. The number of aromatic nitrogens is 3. The van der Waals surface area contributed by atoms with Gasteiger partial charge in [-0.1, -0.05) is 19.9 Å². The molecule has 0 radical (unpaired) electrons. The van der Waals surface area contributed by atoms with Gasteiger partial charge in [0.05, 0.1) is 17.2 Å². The Morgan fingerprint density at radius 3 is 2.42 bits per heavy atom. The predicted octanol–water partition coefficient (Wildman–Crippen LogP) is 1.64. The molecule has 9 nitrogen and oxygen atoms in total. The highest BCUT2D eigenvalue weighted by Gasteiger charge is 2.23. The first-order valence-electron chi connectivity index (χ1n) is 10.0. The van der Waals surface area contributed by atoms with Gasteiger partial charge in [-0.05, 0) is 23.8 Å². The van der Waals surface area contributed by atoms with Crippen molar-refractivity contribution in [3.63, 3.8) is 0 Å². The topological polar surface area (TPSA) is 122 Å². The van der Waals surface area contributed by atoms with Crippen LogP contribution in [0.2, 0.25) is 0 Å². The number of hydrogen-bond acceptors (Lipinski definition) is 7. The van der Waals surface area contributed by atoms with Crippen LogP contribution in [0, 0.1) is 5.92 Å². The van der Waals surface area contributed by atoms with Crippen LogP contribution in [-0.4, -0.2) is 60.4 Å². The molecule has 162 valence electrons. The third-order valence-electron chi connectivity index (χ3n) is 5.31. The van der Waals surface area contributed by atoms with E-state index in [0.29, 0.717) is 37.3 Å². The van der Waals surface area contributed by atoms with Crippen LogP contribution in [0.1, 0.15) is 13.8 Å². The van der Waals surface area contributed by atoms with Crippen LogP contribution >= 0.6 is 0 Å². The number of pyridine rings is 1. The van der Waals surface area contributed by atoms with Gasteiger partial charge >= 0.3 is 0 Å². The van der Waals surface area contributed by atoms with Crippen LogP contribution in [0.15, 0.2) is 47.8 Å². The molecule has 0 spiro atoms. The minimum atomic E-state index is -3.84. The molecule has 0 aliphatic carbocycles. The van der Waals surface area contributed by atoms with Gasteiger partial charge in [-0.15, -0.1) is 0 Å². The molecule has 10 heteroatoms. The van der Waals surface area contributed by atoms with E-state index in [1.165, 1.54) is 12.3 Å². The number of nitrogens with two attached hydrogens (primary N) is 1. The Morgan fingerprint density at radius 1 is 1.00 bits per heavy atom. The molecule has 3 heterocycles. The predicted molar refractivity (Wildman–Crippen MR) is 118 cm³/mol. The number of nitrogens with zero attached hydrogens (tertiary/aromatic N) is 5. The van der Waals surface area contributed by atoms with E-state index in [9.17, 15) is 13.2 Å². The number of fused-ring (bicyclic) bond motifs is 1. The lowest BCUT2D eigenvalue weighted by molar-refractivity contribution is -0.134. The normalized spacial score (nSPS) is 15.0. The van der Waals surface area contributed by atoms with Gasteiger partial charge < -0.3 is 9.80 Å². The third kappa shape index (κ3) is 4.49. The molecule has 2 aromatic heterocycles. The fourth-order valence-electron chi connectivity index (χ4n) is 3.59. The zero-order chi connectivity index (χ0) is 22.2. The van der Waals surface area contributed by atoms with Crippen molar-refractivity contribution in [2.45, 2.75) is 18.7 Å². The number of sulfonamides is 1. The minimum Gasteiger partial charge on any atom is -0.352 e. The van der Waals surface area contributed by atoms with Crippen molar-refractivity contribution in [2.24, 2.45) is 11.1 Å². The summed E-state index contributed by atoms with van der Waals surface area (Å²) in [7, 11) is -3.84. The third-order valence-corrected chi connectivity index (χ3v) is 6.19. The molecule has 1 fully saturated rings. The molecule has 1 aromatic carbocycles. The fourth-order valence-corrected chi connectivity index (χ4v) is 4.09. The molecule has 2 N–H and O–H groups in total. The Hall–Kier alpha value is -3.11. The average molecular weight is 441 g/mol. The fraction of sp³-hybridized carbons (Fsp3) is 0.333. The lowest BCUT2D eigenvalue weighted by Crippen LogP contribution is -2.50. The summed E-state index contributed by atoms with van der Waals surface area (Å²) in [6.45, 7) is 6.52. The minimum absolute atomic E-state index is 0.00678. The second kappa shape index (κ2) is 8.20. The number of piperazine rings is 1. The van der Waals surface area contributed by atoms with Crippen molar-refractivity contribution in [1.82, 2.24) is 19.9 Å². The van der Waals surface area contributed by atoms with Crippen molar-refractivity contribution >= 4 is 32.8 Å². The second-order valence-corrected chi connectivity index (χ2v) is 9.41. The molecule has 1 aliphatic rings. The smallest absolute Gasteiger partial charge is 0.239 e. The van der Waals surface area contributed by atoms with Gasteiger partial charge in [0.1, 0.15) is 10.7 Å². The second-order valence-electron chi connectivity index (χ2n) is 7.85. The number of anilines is 1. The average Bonchev–Trinajstić information content (AvgIpc) is 2.77. The Kier molecular flexibility index (Phi) is 5.59. The summed E-state index contributed by atoms with van der Waals surface area (Å²) >= 11 is 0. The van der Waals surface area contributed by atoms with Gasteiger partial charge in [-0.25, -0.2) is 18.5 Å². The maximum Gasteiger partial charge on any atom is 0.239 e. The summed E-state index contributed by atoms with van der Waals surface area (Å²) in [6, 6.07) is 7.03. The van der Waals surface area contributed by atoms with Crippen LogP contribution in [0.5, 0.6) is 0 Å². The van der Waals surface area contributed by atoms with E-state index >= 15 is 0 Å². The zero-order valence-corrected chi connectivity index (χ0v) is 18.2. The highest BCUT2D eigenvalue weighted by Crippen LogP contribution is 2.25. The number of amides is 1. The molecule has 1 saturated heterocycles. The Balaban J connectivity index is 1.60. The van der Waals surface area contributed by atoms with E-state index < -0.39 is 10.0 Å². The Morgan fingerprint density at radius 2 is 1.74 bits per heavy atom. The first-order valence-corrected chi connectivity index (χ1v) is 11.6. The summed E-state index contributed by atoms with van der Waals surface area (Å²) in [4.78, 5) is 29.4. The van der Waals surface area contributed by atoms with E-state index in [0.717, 1.165) is 16.9 Å². The molecule has 0 bridgehead atoms. The number of carbonyl (C=O) groups is 1. The highest BCUT2D eigenvalue weighted by molar-refractivity contribution is 7.89. The molecule has 4 rings (SSSR count). The van der Waals surface area contributed by atoms with Crippen molar-refractivity contribution in [2.75, 3.05) is 31.1 Å². The summed E-state index contributed by atoms with van der Waals surface area (Å²) in [5.74, 6) is 0.912. The highest BCUT2D eigenvalue weighted by atomic mass is 32.2. The Bertz CT molecular complexity index is 1240. The maximum atomic E-state index is 12.2. The van der Waals surface area contributed by atoms with Crippen molar-refractivity contribution < 1.29 is 13.2 Å². The SMILES string of the molecule is CC(C)C(=O)N1CCN(c2cnc3ccc(-c4cncc(S(N)(=O)=O)c4)cc3n2)CC1. The molecular formula is C21H24N6O3S. The molecule has 0 atom stereocenters. The largest absolute Gasteiger partial charge is 0.352 e. The maximum absolute atomic E-state index is 12.2. The van der Waals surface area contributed by atoms with Crippen LogP contribution in [0.4, 0.5) is 5.82 Å². The summed E-state index contributed by atoms with van der Waals surface area (Å²) in [6.07, 6.45) is 4.55. The first-order chi connectivity index (χ1) is 14.7.